The molecular formula is C29H45N3O3Si2. The highest BCUT2D eigenvalue weighted by molar-refractivity contribution is 6.82. The number of amides is 1. The van der Waals surface area contributed by atoms with Gasteiger partial charge < -0.3 is 8.99 Å². The van der Waals surface area contributed by atoms with Crippen molar-refractivity contribution in [2.45, 2.75) is 104 Å². The van der Waals surface area contributed by atoms with E-state index < -0.39 is 28.1 Å². The van der Waals surface area contributed by atoms with E-state index in [9.17, 15) is 9.59 Å². The molecule has 0 saturated heterocycles. The predicted molar refractivity (Wildman–Crippen MR) is 158 cm³/mol. The Morgan fingerprint density at radius 2 is 1.57 bits per heavy atom. The number of hydrogen-bond acceptors (Lipinski definition) is 5. The first-order valence-corrected chi connectivity index (χ1v) is 19.1. The molecule has 0 bridgehead atoms. The molecule has 0 radical (unpaired) electrons. The van der Waals surface area contributed by atoms with Crippen molar-refractivity contribution in [3.8, 4) is 0 Å². The first-order valence-electron chi connectivity index (χ1n) is 13.2. The molecule has 0 aliphatic carbocycles. The van der Waals surface area contributed by atoms with Gasteiger partial charge >= 0.3 is 5.97 Å². The number of aromatic nitrogens is 1. The van der Waals surface area contributed by atoms with Crippen molar-refractivity contribution in [2.24, 2.45) is 10.9 Å². The van der Waals surface area contributed by atoms with Gasteiger partial charge in [0.05, 0.1) is 11.1 Å². The number of benzene rings is 1. The van der Waals surface area contributed by atoms with Crippen LogP contribution in [0.3, 0.4) is 0 Å². The Morgan fingerprint density at radius 1 is 1.00 bits per heavy atom. The van der Waals surface area contributed by atoms with E-state index in [-0.39, 0.29) is 21.9 Å². The maximum absolute atomic E-state index is 14.2. The van der Waals surface area contributed by atoms with Crippen LogP contribution in [0.25, 0.3) is 10.9 Å². The summed E-state index contributed by atoms with van der Waals surface area (Å²) >= 11 is 0. The van der Waals surface area contributed by atoms with Gasteiger partial charge in [-0.05, 0) is 48.1 Å². The van der Waals surface area contributed by atoms with Crippen molar-refractivity contribution in [1.29, 1.82) is 0 Å². The van der Waals surface area contributed by atoms with Gasteiger partial charge in [0.2, 0.25) is 5.91 Å². The number of rotatable bonds is 5. The first-order chi connectivity index (χ1) is 16.6. The van der Waals surface area contributed by atoms with E-state index >= 15 is 0 Å². The Morgan fingerprint density at radius 3 is 2.08 bits per heavy atom. The van der Waals surface area contributed by atoms with Gasteiger partial charge in [-0.25, -0.2) is 9.78 Å². The van der Waals surface area contributed by atoms with Crippen LogP contribution in [0.4, 0.5) is 0 Å². The molecule has 0 fully saturated rings. The zero-order chi connectivity index (χ0) is 28.4. The van der Waals surface area contributed by atoms with Crippen LogP contribution in [-0.4, -0.2) is 49.4 Å². The highest BCUT2D eigenvalue weighted by atomic mass is 28.4. The van der Waals surface area contributed by atoms with Crippen LogP contribution in [0, 0.1) is 5.92 Å². The maximum atomic E-state index is 14.2. The minimum absolute atomic E-state index is 0.0113. The number of pyridine rings is 1. The molecule has 0 spiro atoms. The Balaban J connectivity index is 2.34. The molecular weight excluding hydrogens is 495 g/mol. The molecule has 1 atom stereocenters. The van der Waals surface area contributed by atoms with Gasteiger partial charge in [-0.15, -0.1) is 0 Å². The minimum Gasteiger partial charge on any atom is -0.516 e. The Kier molecular flexibility index (Phi) is 7.23. The van der Waals surface area contributed by atoms with Gasteiger partial charge in [0, 0.05) is 5.39 Å². The zero-order valence-corrected chi connectivity index (χ0v) is 27.0. The van der Waals surface area contributed by atoms with Crippen LogP contribution in [0.1, 0.15) is 78.4 Å². The fraction of sp³-hybridized carbons (Fsp3) is 0.586. The molecule has 2 heterocycles. The quantitative estimate of drug-likeness (QED) is 0.371. The van der Waals surface area contributed by atoms with Crippen LogP contribution in [0.5, 0.6) is 0 Å². The van der Waals surface area contributed by atoms with Gasteiger partial charge in [-0.1, -0.05) is 86.7 Å². The molecule has 6 nitrogen and oxygen atoms in total. The summed E-state index contributed by atoms with van der Waals surface area (Å²) in [6.07, 6.45) is 0. The standard InChI is InChI=1S/C29H45N3O3Si2/c1-19(2)29(9)26(34)32(36(10,11)27(3,4)5)24(31-29)23-21(18-20-16-14-15-17-22(20)30-23)25(33)35-37(12,13)28(6,7)8/h14-19H,1-13H3. The average Bonchev–Trinajstić information content (AvgIpc) is 3.03. The van der Waals surface area contributed by atoms with Crippen LogP contribution >= 0.6 is 0 Å². The van der Waals surface area contributed by atoms with Gasteiger partial charge in [0.15, 0.2) is 14.1 Å². The molecule has 3 rings (SSSR count). The Hall–Kier alpha value is -2.33. The van der Waals surface area contributed by atoms with Gasteiger partial charge in [0.1, 0.15) is 11.2 Å². The summed E-state index contributed by atoms with van der Waals surface area (Å²) in [5, 5.41) is 0.575. The number of hydrogen-bond donors (Lipinski definition) is 0. The summed E-state index contributed by atoms with van der Waals surface area (Å²) < 4.78 is 8.19. The minimum atomic E-state index is -2.45. The number of amidine groups is 1. The number of para-hydroxylation sites is 1. The monoisotopic (exact) mass is 539 g/mol. The average molecular weight is 540 g/mol. The van der Waals surface area contributed by atoms with Gasteiger partial charge in [0.25, 0.3) is 8.32 Å². The lowest BCUT2D eigenvalue weighted by molar-refractivity contribution is -0.129. The van der Waals surface area contributed by atoms with Gasteiger partial charge in [-0.3, -0.25) is 9.79 Å². The number of aliphatic imine (C=N–C) groups is 1. The summed E-state index contributed by atoms with van der Waals surface area (Å²) in [6, 6.07) is 9.59. The molecule has 1 aromatic heterocycles. The molecule has 37 heavy (non-hydrogen) atoms. The largest absolute Gasteiger partial charge is 0.516 e. The molecule has 1 aromatic carbocycles. The van der Waals surface area contributed by atoms with Crippen molar-refractivity contribution < 1.29 is 14.0 Å². The van der Waals surface area contributed by atoms with E-state index in [1.807, 2.05) is 55.7 Å². The molecule has 8 heteroatoms. The van der Waals surface area contributed by atoms with E-state index in [2.05, 4.69) is 67.7 Å². The van der Waals surface area contributed by atoms with Crippen LogP contribution in [0.15, 0.2) is 35.3 Å². The second-order valence-corrected chi connectivity index (χ2v) is 23.7. The van der Waals surface area contributed by atoms with E-state index in [1.54, 1.807) is 0 Å². The fourth-order valence-corrected chi connectivity index (χ4v) is 6.88. The van der Waals surface area contributed by atoms with E-state index in [1.165, 1.54) is 0 Å². The number of nitrogens with zero attached hydrogens (tertiary/aromatic N) is 3. The third kappa shape index (κ3) is 4.94. The topological polar surface area (TPSA) is 71.9 Å². The molecule has 0 saturated carbocycles. The lowest BCUT2D eigenvalue weighted by Crippen LogP contribution is -2.61. The Labute approximate surface area is 225 Å². The van der Waals surface area contributed by atoms with Crippen molar-refractivity contribution >= 4 is 45.2 Å². The normalized spacial score (nSPS) is 19.6. The molecule has 1 aliphatic rings. The molecule has 0 N–H and O–H groups in total. The summed E-state index contributed by atoms with van der Waals surface area (Å²) in [6.45, 7) is 27.3. The molecule has 202 valence electrons. The van der Waals surface area contributed by atoms with Crippen molar-refractivity contribution in [1.82, 2.24) is 9.55 Å². The fourth-order valence-electron chi connectivity index (χ4n) is 3.91. The Bertz CT molecular complexity index is 1270. The maximum Gasteiger partial charge on any atom is 0.327 e. The van der Waals surface area contributed by atoms with Crippen molar-refractivity contribution in [2.75, 3.05) is 0 Å². The summed E-state index contributed by atoms with van der Waals surface area (Å²) in [5.41, 5.74) is 0.625. The highest BCUT2D eigenvalue weighted by Gasteiger charge is 2.56. The third-order valence-electron chi connectivity index (χ3n) is 9.01. The first kappa shape index (κ1) is 29.2. The zero-order valence-electron chi connectivity index (χ0n) is 25.0. The second kappa shape index (κ2) is 9.15. The number of fused-ring (bicyclic) bond motifs is 1. The molecule has 1 amide bonds. The molecule has 1 aliphatic heterocycles. The van der Waals surface area contributed by atoms with Crippen LogP contribution in [-0.2, 0) is 9.22 Å². The third-order valence-corrected chi connectivity index (χ3v) is 18.5. The van der Waals surface area contributed by atoms with Crippen LogP contribution < -0.4 is 0 Å². The number of carbonyl (C=O) groups is 2. The summed E-state index contributed by atoms with van der Waals surface area (Å²) in [7, 11) is -4.86. The summed E-state index contributed by atoms with van der Waals surface area (Å²) in [5.74, 6) is 0.0691. The predicted octanol–water partition coefficient (Wildman–Crippen LogP) is 7.41. The lowest BCUT2D eigenvalue weighted by Gasteiger charge is -2.45. The molecule has 2 aromatic rings. The van der Waals surface area contributed by atoms with E-state index in [4.69, 9.17) is 14.4 Å². The van der Waals surface area contributed by atoms with E-state index in [0.717, 1.165) is 10.9 Å². The lowest BCUT2D eigenvalue weighted by atomic mass is 9.89. The van der Waals surface area contributed by atoms with Crippen LogP contribution in [0.2, 0.25) is 36.3 Å². The molecule has 1 unspecified atom stereocenters. The van der Waals surface area contributed by atoms with Gasteiger partial charge in [-0.2, -0.15) is 0 Å². The smallest absolute Gasteiger partial charge is 0.327 e. The van der Waals surface area contributed by atoms with Crippen molar-refractivity contribution in [3.05, 3.63) is 41.6 Å². The summed E-state index contributed by atoms with van der Waals surface area (Å²) in [4.78, 5) is 38.1. The number of carbonyl (C=O) groups excluding carboxylic acids is 2. The van der Waals surface area contributed by atoms with Crippen molar-refractivity contribution in [3.63, 3.8) is 0 Å². The van der Waals surface area contributed by atoms with E-state index in [0.29, 0.717) is 17.1 Å². The SMILES string of the molecule is CC(C)C1(C)N=C(c2nc3ccccc3cc2C(=O)O[Si](C)(C)C(C)(C)C)N([Si](C)(C)C(C)(C)C)C1=O. The second-order valence-electron chi connectivity index (χ2n) is 13.9. The highest BCUT2D eigenvalue weighted by Crippen LogP contribution is 2.44.